The van der Waals surface area contributed by atoms with Crippen molar-refractivity contribution in [3.63, 3.8) is 0 Å². The van der Waals surface area contributed by atoms with E-state index in [0.29, 0.717) is 6.10 Å². The lowest BCUT2D eigenvalue weighted by atomic mass is 9.73. The first-order chi connectivity index (χ1) is 10.6. The molecule has 0 N–H and O–H groups in total. The quantitative estimate of drug-likeness (QED) is 0.837. The number of hydrogen-bond donors (Lipinski definition) is 0. The van der Waals surface area contributed by atoms with Gasteiger partial charge >= 0.3 is 0 Å². The molecule has 0 saturated carbocycles. The van der Waals surface area contributed by atoms with Crippen molar-refractivity contribution < 1.29 is 14.0 Å². The van der Waals surface area contributed by atoms with Crippen molar-refractivity contribution in [1.82, 2.24) is 10.1 Å². The van der Waals surface area contributed by atoms with Crippen LogP contribution in [-0.2, 0) is 16.0 Å². The molecule has 5 heteroatoms. The van der Waals surface area contributed by atoms with Gasteiger partial charge in [0, 0.05) is 43.8 Å². The van der Waals surface area contributed by atoms with E-state index in [-0.39, 0.29) is 5.41 Å². The molecule has 5 nitrogen and oxygen atoms in total. The Morgan fingerprint density at radius 2 is 2.27 bits per heavy atom. The van der Waals surface area contributed by atoms with Gasteiger partial charge in [-0.25, -0.2) is 0 Å². The standard InChI is InChI=1S/C17H28N2O3/c1-4-20-12-17-7-5-9-21-16(17)6-8-19(11-17)10-15-13(2)18-22-14(15)3/h16H,4-12H2,1-3H3/t16-,17+/m0/s1. The Kier molecular flexibility index (Phi) is 4.85. The van der Waals surface area contributed by atoms with Gasteiger partial charge in [0.15, 0.2) is 0 Å². The Bertz CT molecular complexity index is 483. The van der Waals surface area contributed by atoms with E-state index in [2.05, 4.69) is 17.0 Å². The molecule has 1 aromatic rings. The molecule has 1 aromatic heterocycles. The molecule has 124 valence electrons. The van der Waals surface area contributed by atoms with Crippen molar-refractivity contribution in [1.29, 1.82) is 0 Å². The summed E-state index contributed by atoms with van der Waals surface area (Å²) in [5.41, 5.74) is 2.41. The van der Waals surface area contributed by atoms with Crippen LogP contribution < -0.4 is 0 Å². The lowest BCUT2D eigenvalue weighted by Gasteiger charge is -2.50. The fourth-order valence-corrected chi connectivity index (χ4v) is 3.98. The molecule has 2 aliphatic rings. The number of ether oxygens (including phenoxy) is 2. The maximum absolute atomic E-state index is 6.08. The number of piperidine rings is 1. The first-order valence-corrected chi connectivity index (χ1v) is 8.48. The van der Waals surface area contributed by atoms with E-state index in [4.69, 9.17) is 14.0 Å². The lowest BCUT2D eigenvalue weighted by Crippen LogP contribution is -2.56. The molecule has 0 aromatic carbocycles. The highest BCUT2D eigenvalue weighted by atomic mass is 16.5. The summed E-state index contributed by atoms with van der Waals surface area (Å²) in [6.45, 7) is 11.6. The molecule has 22 heavy (non-hydrogen) atoms. The highest BCUT2D eigenvalue weighted by molar-refractivity contribution is 5.20. The van der Waals surface area contributed by atoms with E-state index in [0.717, 1.165) is 63.8 Å². The summed E-state index contributed by atoms with van der Waals surface area (Å²) in [4.78, 5) is 2.52. The molecule has 3 heterocycles. The molecule has 2 aliphatic heterocycles. The highest BCUT2D eigenvalue weighted by Crippen LogP contribution is 2.41. The SMILES string of the molecule is CCOC[C@]12CCCO[C@H]1CCN(Cc1c(C)noc1C)C2. The van der Waals surface area contributed by atoms with E-state index < -0.39 is 0 Å². The topological polar surface area (TPSA) is 47.7 Å². The van der Waals surface area contributed by atoms with Crippen LogP contribution in [0.25, 0.3) is 0 Å². The largest absolute Gasteiger partial charge is 0.381 e. The number of likely N-dealkylation sites (tertiary alicyclic amines) is 1. The van der Waals surface area contributed by atoms with Crippen LogP contribution in [0.4, 0.5) is 0 Å². The van der Waals surface area contributed by atoms with Crippen molar-refractivity contribution in [2.24, 2.45) is 5.41 Å². The zero-order valence-corrected chi connectivity index (χ0v) is 14.1. The Morgan fingerprint density at radius 1 is 1.41 bits per heavy atom. The van der Waals surface area contributed by atoms with Crippen LogP contribution in [0.3, 0.4) is 0 Å². The predicted octanol–water partition coefficient (Wildman–Crippen LogP) is 2.70. The Hall–Kier alpha value is -0.910. The molecule has 0 amide bonds. The van der Waals surface area contributed by atoms with Gasteiger partial charge in [-0.3, -0.25) is 4.90 Å². The van der Waals surface area contributed by atoms with Crippen LogP contribution in [0.15, 0.2) is 4.52 Å². The fourth-order valence-electron chi connectivity index (χ4n) is 3.98. The third-order valence-electron chi connectivity index (χ3n) is 5.22. The predicted molar refractivity (Wildman–Crippen MR) is 83.8 cm³/mol. The molecule has 0 bridgehead atoms. The summed E-state index contributed by atoms with van der Waals surface area (Å²) in [7, 11) is 0. The number of aromatic nitrogens is 1. The van der Waals surface area contributed by atoms with Gasteiger partial charge in [0.05, 0.1) is 18.4 Å². The minimum Gasteiger partial charge on any atom is -0.381 e. The third-order valence-corrected chi connectivity index (χ3v) is 5.22. The van der Waals surface area contributed by atoms with Crippen LogP contribution in [-0.4, -0.2) is 49.1 Å². The molecule has 2 saturated heterocycles. The summed E-state index contributed by atoms with van der Waals surface area (Å²) >= 11 is 0. The van der Waals surface area contributed by atoms with Gasteiger partial charge in [0.1, 0.15) is 5.76 Å². The second-order valence-corrected chi connectivity index (χ2v) is 6.76. The average Bonchev–Trinajstić information content (AvgIpc) is 2.84. The molecule has 0 unspecified atom stereocenters. The van der Waals surface area contributed by atoms with Crippen molar-refractivity contribution in [3.05, 3.63) is 17.0 Å². The van der Waals surface area contributed by atoms with E-state index in [1.807, 2.05) is 13.8 Å². The number of aryl methyl sites for hydroxylation is 2. The summed E-state index contributed by atoms with van der Waals surface area (Å²) < 4.78 is 17.2. The van der Waals surface area contributed by atoms with Crippen LogP contribution in [0.1, 0.15) is 43.2 Å². The number of nitrogens with zero attached hydrogens (tertiary/aromatic N) is 2. The summed E-state index contributed by atoms with van der Waals surface area (Å²) in [5.74, 6) is 0.943. The summed E-state index contributed by atoms with van der Waals surface area (Å²) in [5, 5.41) is 4.08. The van der Waals surface area contributed by atoms with Crippen molar-refractivity contribution >= 4 is 0 Å². The molecule has 2 fully saturated rings. The van der Waals surface area contributed by atoms with E-state index >= 15 is 0 Å². The van der Waals surface area contributed by atoms with Crippen molar-refractivity contribution in [2.75, 3.05) is 32.9 Å². The van der Waals surface area contributed by atoms with Gasteiger partial charge < -0.3 is 14.0 Å². The van der Waals surface area contributed by atoms with E-state index in [9.17, 15) is 0 Å². The van der Waals surface area contributed by atoms with Gasteiger partial charge in [-0.2, -0.15) is 0 Å². The number of fused-ring (bicyclic) bond motifs is 1. The van der Waals surface area contributed by atoms with E-state index in [1.165, 1.54) is 12.0 Å². The molecule has 0 radical (unpaired) electrons. The number of rotatable bonds is 5. The minimum absolute atomic E-state index is 0.158. The third kappa shape index (κ3) is 3.07. The normalized spacial score (nSPS) is 29.5. The molecule has 0 spiro atoms. The zero-order chi connectivity index (χ0) is 15.6. The number of hydrogen-bond acceptors (Lipinski definition) is 5. The monoisotopic (exact) mass is 308 g/mol. The van der Waals surface area contributed by atoms with Crippen LogP contribution in [0, 0.1) is 19.3 Å². The second kappa shape index (κ2) is 6.69. The Labute approximate surface area is 132 Å². The van der Waals surface area contributed by atoms with Crippen molar-refractivity contribution in [3.8, 4) is 0 Å². The summed E-state index contributed by atoms with van der Waals surface area (Å²) in [6.07, 6.45) is 3.79. The van der Waals surface area contributed by atoms with Gasteiger partial charge in [0.2, 0.25) is 0 Å². The molecular weight excluding hydrogens is 280 g/mol. The zero-order valence-electron chi connectivity index (χ0n) is 14.1. The first-order valence-electron chi connectivity index (χ1n) is 8.48. The van der Waals surface area contributed by atoms with Crippen LogP contribution >= 0.6 is 0 Å². The van der Waals surface area contributed by atoms with Crippen LogP contribution in [0.2, 0.25) is 0 Å². The fraction of sp³-hybridized carbons (Fsp3) is 0.824. The summed E-state index contributed by atoms with van der Waals surface area (Å²) in [6, 6.07) is 0. The Balaban J connectivity index is 1.72. The van der Waals surface area contributed by atoms with Gasteiger partial charge in [0.25, 0.3) is 0 Å². The first kappa shape index (κ1) is 16.0. The molecule has 2 atom stereocenters. The van der Waals surface area contributed by atoms with E-state index in [1.54, 1.807) is 0 Å². The van der Waals surface area contributed by atoms with Crippen LogP contribution in [0.5, 0.6) is 0 Å². The second-order valence-electron chi connectivity index (χ2n) is 6.76. The maximum atomic E-state index is 6.08. The Morgan fingerprint density at radius 3 is 3.00 bits per heavy atom. The van der Waals surface area contributed by atoms with Gasteiger partial charge in [-0.1, -0.05) is 5.16 Å². The maximum Gasteiger partial charge on any atom is 0.138 e. The lowest BCUT2D eigenvalue weighted by molar-refractivity contribution is -0.153. The van der Waals surface area contributed by atoms with Gasteiger partial charge in [-0.05, 0) is 40.0 Å². The van der Waals surface area contributed by atoms with Crippen molar-refractivity contribution in [2.45, 2.75) is 52.7 Å². The van der Waals surface area contributed by atoms with Gasteiger partial charge in [-0.15, -0.1) is 0 Å². The smallest absolute Gasteiger partial charge is 0.138 e. The molecule has 0 aliphatic carbocycles. The molecular formula is C17H28N2O3. The molecule has 3 rings (SSSR count). The average molecular weight is 308 g/mol. The highest BCUT2D eigenvalue weighted by Gasteiger charge is 2.46. The minimum atomic E-state index is 0.158.